The second-order valence-electron chi connectivity index (χ2n) is 8.02. The summed E-state index contributed by atoms with van der Waals surface area (Å²) in [5.41, 5.74) is 6.76. The Morgan fingerprint density at radius 3 is 2.39 bits per heavy atom. The third-order valence-corrected chi connectivity index (χ3v) is 5.25. The normalized spacial score (nSPS) is 11.0. The second-order valence-corrected chi connectivity index (χ2v) is 8.02. The topological polar surface area (TPSA) is 111 Å². The van der Waals surface area contributed by atoms with Crippen molar-refractivity contribution in [1.82, 2.24) is 9.97 Å². The molecule has 36 heavy (non-hydrogen) atoms. The molecule has 2 N–H and O–H groups in total. The molecule has 0 unspecified atom stereocenters. The Labute approximate surface area is 211 Å². The minimum atomic E-state index is 0.215. The SMILES string of the molecule is [C-]#[N+]C(C)=Cc1c(COC)nc(Nc2ccc(C#N)cc2)nc1Nc1c(C)cc(C=CC#N)cc1C. The Morgan fingerprint density at radius 1 is 1.11 bits per heavy atom. The van der Waals surface area contributed by atoms with Crippen molar-refractivity contribution in [3.05, 3.63) is 93.1 Å². The van der Waals surface area contributed by atoms with Gasteiger partial charge in [0.15, 0.2) is 5.70 Å². The molecule has 8 nitrogen and oxygen atoms in total. The van der Waals surface area contributed by atoms with Gasteiger partial charge < -0.3 is 15.4 Å². The van der Waals surface area contributed by atoms with Gasteiger partial charge in [-0.15, -0.1) is 0 Å². The zero-order valence-electron chi connectivity index (χ0n) is 20.5. The summed E-state index contributed by atoms with van der Waals surface area (Å²) in [6.07, 6.45) is 4.95. The van der Waals surface area contributed by atoms with Gasteiger partial charge in [-0.2, -0.15) is 15.5 Å². The number of hydrogen-bond donors (Lipinski definition) is 2. The average Bonchev–Trinajstić information content (AvgIpc) is 2.87. The van der Waals surface area contributed by atoms with Crippen molar-refractivity contribution in [3.8, 4) is 12.1 Å². The number of nitrogens with zero attached hydrogens (tertiary/aromatic N) is 5. The van der Waals surface area contributed by atoms with Crippen LogP contribution in [-0.4, -0.2) is 17.1 Å². The van der Waals surface area contributed by atoms with Crippen LogP contribution in [0.3, 0.4) is 0 Å². The summed E-state index contributed by atoms with van der Waals surface area (Å²) >= 11 is 0. The van der Waals surface area contributed by atoms with Crippen LogP contribution >= 0.6 is 0 Å². The highest BCUT2D eigenvalue weighted by Gasteiger charge is 2.16. The largest absolute Gasteiger partial charge is 0.378 e. The molecule has 0 saturated carbocycles. The molecule has 1 aromatic heterocycles. The van der Waals surface area contributed by atoms with Crippen LogP contribution in [0, 0.1) is 43.1 Å². The number of hydrogen-bond acceptors (Lipinski definition) is 7. The lowest BCUT2D eigenvalue weighted by Crippen LogP contribution is -2.09. The maximum Gasteiger partial charge on any atom is 0.229 e. The van der Waals surface area contributed by atoms with E-state index in [2.05, 4.69) is 26.5 Å². The van der Waals surface area contributed by atoms with Gasteiger partial charge in [-0.25, -0.2) is 9.83 Å². The first-order valence-corrected chi connectivity index (χ1v) is 11.1. The fraction of sp³-hybridized carbons (Fsp3) is 0.179. The summed E-state index contributed by atoms with van der Waals surface area (Å²) in [5, 5.41) is 24.5. The number of allylic oxidation sites excluding steroid dienone is 2. The molecule has 0 amide bonds. The molecule has 0 aliphatic heterocycles. The van der Waals surface area contributed by atoms with E-state index in [1.54, 1.807) is 50.5 Å². The Kier molecular flexibility index (Phi) is 8.51. The van der Waals surface area contributed by atoms with E-state index in [1.165, 1.54) is 6.08 Å². The minimum Gasteiger partial charge on any atom is -0.378 e. The smallest absolute Gasteiger partial charge is 0.229 e. The summed E-state index contributed by atoms with van der Waals surface area (Å²) in [4.78, 5) is 12.9. The van der Waals surface area contributed by atoms with Crippen molar-refractivity contribution in [1.29, 1.82) is 10.5 Å². The van der Waals surface area contributed by atoms with Crippen molar-refractivity contribution in [2.24, 2.45) is 0 Å². The summed E-state index contributed by atoms with van der Waals surface area (Å²) < 4.78 is 5.40. The number of aryl methyl sites for hydroxylation is 2. The number of nitriles is 2. The molecule has 3 rings (SSSR count). The fourth-order valence-corrected chi connectivity index (χ4v) is 3.61. The fourth-order valence-electron chi connectivity index (χ4n) is 3.61. The lowest BCUT2D eigenvalue weighted by molar-refractivity contribution is 0.181. The Hall–Kier alpha value is -4.97. The Morgan fingerprint density at radius 2 is 1.81 bits per heavy atom. The third-order valence-electron chi connectivity index (χ3n) is 5.25. The van der Waals surface area contributed by atoms with E-state index < -0.39 is 0 Å². The van der Waals surface area contributed by atoms with E-state index in [9.17, 15) is 0 Å². The Balaban J connectivity index is 2.13. The molecule has 8 heteroatoms. The highest BCUT2D eigenvalue weighted by molar-refractivity contribution is 5.76. The number of ether oxygens (including phenoxy) is 1. The standard InChI is InChI=1S/C28H25N7O/c1-18-13-22(7-6-12-29)14-19(2)26(18)34-27-24(15-20(3)31-4)25(17-36-5)33-28(35-27)32-23-10-8-21(16-30)9-11-23/h6-11,13-15H,17H2,1-3,5H3,(H2,32,33,34,35). The highest BCUT2D eigenvalue weighted by Crippen LogP contribution is 2.31. The van der Waals surface area contributed by atoms with Crippen LogP contribution in [0.1, 0.15) is 40.4 Å². The van der Waals surface area contributed by atoms with Gasteiger partial charge in [-0.05, 0) is 86.0 Å². The van der Waals surface area contributed by atoms with Crippen molar-refractivity contribution < 1.29 is 4.74 Å². The molecule has 0 radical (unpaired) electrons. The van der Waals surface area contributed by atoms with Gasteiger partial charge in [0.1, 0.15) is 5.82 Å². The van der Waals surface area contributed by atoms with Gasteiger partial charge in [0.2, 0.25) is 5.95 Å². The zero-order valence-corrected chi connectivity index (χ0v) is 20.5. The van der Waals surface area contributed by atoms with Gasteiger partial charge >= 0.3 is 0 Å². The number of aromatic nitrogens is 2. The molecule has 3 aromatic rings. The van der Waals surface area contributed by atoms with Crippen LogP contribution in [-0.2, 0) is 11.3 Å². The van der Waals surface area contributed by atoms with Gasteiger partial charge in [-0.1, -0.05) is 0 Å². The number of benzene rings is 2. The quantitative estimate of drug-likeness (QED) is 0.286. The summed E-state index contributed by atoms with van der Waals surface area (Å²) in [7, 11) is 1.58. The first-order chi connectivity index (χ1) is 17.4. The zero-order chi connectivity index (χ0) is 26.1. The summed E-state index contributed by atoms with van der Waals surface area (Å²) in [6, 6.07) is 15.1. The van der Waals surface area contributed by atoms with Crippen LogP contribution in [0.15, 0.2) is 48.2 Å². The van der Waals surface area contributed by atoms with Crippen LogP contribution < -0.4 is 10.6 Å². The highest BCUT2D eigenvalue weighted by atomic mass is 16.5. The van der Waals surface area contributed by atoms with Crippen molar-refractivity contribution in [2.75, 3.05) is 17.7 Å². The minimum absolute atomic E-state index is 0.215. The van der Waals surface area contributed by atoms with E-state index in [0.717, 1.165) is 28.1 Å². The van der Waals surface area contributed by atoms with Gasteiger partial charge in [0.05, 0.1) is 36.6 Å². The lowest BCUT2D eigenvalue weighted by Gasteiger charge is -2.18. The monoisotopic (exact) mass is 475 g/mol. The molecule has 0 bridgehead atoms. The number of anilines is 4. The first kappa shape index (κ1) is 25.6. The van der Waals surface area contributed by atoms with E-state index >= 15 is 0 Å². The maximum atomic E-state index is 9.06. The van der Waals surface area contributed by atoms with Crippen LogP contribution in [0.5, 0.6) is 0 Å². The maximum absolute atomic E-state index is 9.06. The molecule has 178 valence electrons. The van der Waals surface area contributed by atoms with Crippen molar-refractivity contribution in [3.63, 3.8) is 0 Å². The molecular formula is C28H25N7O. The number of rotatable bonds is 8. The number of nitrogens with one attached hydrogen (secondary N) is 2. The van der Waals surface area contributed by atoms with E-state index in [0.29, 0.717) is 34.3 Å². The molecule has 0 fully saturated rings. The lowest BCUT2D eigenvalue weighted by atomic mass is 10.0. The van der Waals surface area contributed by atoms with Gasteiger partial charge in [0, 0.05) is 30.1 Å². The van der Waals surface area contributed by atoms with Crippen molar-refractivity contribution >= 4 is 35.3 Å². The van der Waals surface area contributed by atoms with Gasteiger partial charge in [0.25, 0.3) is 0 Å². The van der Waals surface area contributed by atoms with Crippen LogP contribution in [0.4, 0.5) is 23.1 Å². The molecule has 1 heterocycles. The molecule has 0 aliphatic carbocycles. The third kappa shape index (κ3) is 6.33. The molecule has 2 aromatic carbocycles. The molecule has 0 saturated heterocycles. The molecule has 0 spiro atoms. The molecule has 0 aliphatic rings. The van der Waals surface area contributed by atoms with E-state index in [4.69, 9.17) is 26.8 Å². The van der Waals surface area contributed by atoms with Crippen LogP contribution in [0.25, 0.3) is 17.0 Å². The van der Waals surface area contributed by atoms with E-state index in [-0.39, 0.29) is 6.61 Å². The van der Waals surface area contributed by atoms with Crippen molar-refractivity contribution in [2.45, 2.75) is 27.4 Å². The van der Waals surface area contributed by atoms with Crippen LogP contribution in [0.2, 0.25) is 0 Å². The van der Waals surface area contributed by atoms with E-state index in [1.807, 2.05) is 32.0 Å². The molecular weight excluding hydrogens is 450 g/mol. The Bertz CT molecular complexity index is 1430. The summed E-state index contributed by atoms with van der Waals surface area (Å²) in [5.74, 6) is 0.860. The predicted octanol–water partition coefficient (Wildman–Crippen LogP) is 6.42. The van der Waals surface area contributed by atoms with Gasteiger partial charge in [-0.3, -0.25) is 0 Å². The predicted molar refractivity (Wildman–Crippen MR) is 141 cm³/mol. The molecule has 0 atom stereocenters. The average molecular weight is 476 g/mol. The first-order valence-electron chi connectivity index (χ1n) is 11.1. The summed E-state index contributed by atoms with van der Waals surface area (Å²) in [6.45, 7) is 13.3. The second kappa shape index (κ2) is 11.9. The number of methoxy groups -OCH3 is 1.